The Hall–Kier alpha value is -1.62. The lowest BCUT2D eigenvalue weighted by molar-refractivity contribution is 0.0904. The Balaban J connectivity index is 1.98. The van der Waals surface area contributed by atoms with Crippen molar-refractivity contribution in [3.05, 3.63) is 23.9 Å². The molecule has 1 unspecified atom stereocenters. The molecular weight excluding hydrogens is 216 g/mol. The summed E-state index contributed by atoms with van der Waals surface area (Å²) in [5, 5.41) is 2.98. The molecule has 1 aliphatic carbocycles. The summed E-state index contributed by atoms with van der Waals surface area (Å²) in [4.78, 5) is 16.0. The Bertz CT molecular complexity index is 403. The van der Waals surface area contributed by atoms with Gasteiger partial charge in [0.2, 0.25) is 0 Å². The number of hydrogen-bond donors (Lipinski definition) is 3. The second-order valence-corrected chi connectivity index (χ2v) is 4.51. The summed E-state index contributed by atoms with van der Waals surface area (Å²) in [6.07, 6.45) is 3.69. The van der Waals surface area contributed by atoms with Gasteiger partial charge in [0.05, 0.1) is 0 Å². The molecule has 1 heterocycles. The molecule has 1 fully saturated rings. The lowest BCUT2D eigenvalue weighted by Gasteiger charge is -2.31. The van der Waals surface area contributed by atoms with Crippen LogP contribution in [0.3, 0.4) is 0 Å². The van der Waals surface area contributed by atoms with Gasteiger partial charge in [0, 0.05) is 6.04 Å². The maximum Gasteiger partial charge on any atom is 0.270 e. The summed E-state index contributed by atoms with van der Waals surface area (Å²) >= 11 is 0. The molecule has 0 aromatic carbocycles. The van der Waals surface area contributed by atoms with E-state index in [1.165, 1.54) is 19.3 Å². The fourth-order valence-corrected chi connectivity index (χ4v) is 1.98. The Labute approximate surface area is 101 Å². The van der Waals surface area contributed by atoms with Crippen LogP contribution in [0.1, 0.15) is 36.7 Å². The number of nitrogens with one attached hydrogen (secondary N) is 2. The molecule has 0 bridgehead atoms. The molecule has 0 aliphatic heterocycles. The third-order valence-electron chi connectivity index (χ3n) is 3.35. The fraction of sp³-hybridized carbons (Fsp3) is 0.500. The van der Waals surface area contributed by atoms with E-state index in [4.69, 9.17) is 5.84 Å². The number of pyridine rings is 1. The number of carbonyl (C=O) groups excluding carboxylic acids is 1. The summed E-state index contributed by atoms with van der Waals surface area (Å²) in [5.41, 5.74) is 2.82. The summed E-state index contributed by atoms with van der Waals surface area (Å²) in [5.74, 6) is 6.23. The molecule has 92 valence electrons. The van der Waals surface area contributed by atoms with Crippen LogP contribution in [0.15, 0.2) is 18.2 Å². The van der Waals surface area contributed by atoms with E-state index < -0.39 is 0 Å². The van der Waals surface area contributed by atoms with E-state index in [1.807, 2.05) is 6.92 Å². The van der Waals surface area contributed by atoms with E-state index in [0.29, 0.717) is 17.4 Å². The van der Waals surface area contributed by atoms with Crippen LogP contribution in [0.25, 0.3) is 0 Å². The first-order valence-electron chi connectivity index (χ1n) is 5.95. The molecule has 5 heteroatoms. The number of nitrogens with zero attached hydrogens (tertiary/aromatic N) is 1. The lowest BCUT2D eigenvalue weighted by Crippen LogP contribution is -2.41. The molecule has 5 nitrogen and oxygen atoms in total. The van der Waals surface area contributed by atoms with Gasteiger partial charge in [-0.3, -0.25) is 4.79 Å². The molecule has 0 spiro atoms. The molecule has 1 aliphatic rings. The van der Waals surface area contributed by atoms with E-state index in [0.717, 1.165) is 0 Å². The molecular formula is C12H18N4O. The monoisotopic (exact) mass is 234 g/mol. The van der Waals surface area contributed by atoms with Crippen molar-refractivity contribution >= 4 is 11.7 Å². The van der Waals surface area contributed by atoms with Crippen LogP contribution in [-0.4, -0.2) is 16.9 Å². The van der Waals surface area contributed by atoms with Crippen molar-refractivity contribution in [2.75, 3.05) is 5.43 Å². The fourth-order valence-electron chi connectivity index (χ4n) is 1.98. The van der Waals surface area contributed by atoms with Crippen LogP contribution in [-0.2, 0) is 0 Å². The number of aromatic nitrogens is 1. The molecule has 1 aromatic heterocycles. The number of carbonyl (C=O) groups is 1. The zero-order valence-corrected chi connectivity index (χ0v) is 9.94. The van der Waals surface area contributed by atoms with Crippen LogP contribution in [0.5, 0.6) is 0 Å². The Morgan fingerprint density at radius 2 is 2.29 bits per heavy atom. The van der Waals surface area contributed by atoms with Crippen molar-refractivity contribution in [2.45, 2.75) is 32.2 Å². The molecule has 0 radical (unpaired) electrons. The van der Waals surface area contributed by atoms with E-state index in [1.54, 1.807) is 18.2 Å². The van der Waals surface area contributed by atoms with Crippen LogP contribution < -0.4 is 16.6 Å². The van der Waals surface area contributed by atoms with Crippen molar-refractivity contribution in [2.24, 2.45) is 11.8 Å². The Morgan fingerprint density at radius 3 is 2.88 bits per heavy atom. The average Bonchev–Trinajstić information content (AvgIpc) is 2.26. The smallest absolute Gasteiger partial charge is 0.270 e. The highest BCUT2D eigenvalue weighted by molar-refractivity contribution is 5.92. The summed E-state index contributed by atoms with van der Waals surface area (Å²) in [6, 6.07) is 5.37. The topological polar surface area (TPSA) is 80.0 Å². The second-order valence-electron chi connectivity index (χ2n) is 4.51. The minimum Gasteiger partial charge on any atom is -0.348 e. The molecule has 2 rings (SSSR count). The van der Waals surface area contributed by atoms with Crippen molar-refractivity contribution in [3.63, 3.8) is 0 Å². The van der Waals surface area contributed by atoms with Gasteiger partial charge in [-0.2, -0.15) is 0 Å². The van der Waals surface area contributed by atoms with E-state index >= 15 is 0 Å². The number of amides is 1. The molecule has 0 saturated heterocycles. The third kappa shape index (κ3) is 2.74. The van der Waals surface area contributed by atoms with Crippen molar-refractivity contribution in [1.29, 1.82) is 0 Å². The molecule has 4 N–H and O–H groups in total. The number of nitrogen functional groups attached to an aromatic ring is 1. The normalized spacial score (nSPS) is 17.1. The van der Waals surface area contributed by atoms with Crippen LogP contribution >= 0.6 is 0 Å². The molecule has 17 heavy (non-hydrogen) atoms. The zero-order valence-electron chi connectivity index (χ0n) is 9.94. The maximum atomic E-state index is 11.9. The van der Waals surface area contributed by atoms with Gasteiger partial charge < -0.3 is 10.7 Å². The van der Waals surface area contributed by atoms with Gasteiger partial charge in [-0.25, -0.2) is 10.8 Å². The van der Waals surface area contributed by atoms with Crippen LogP contribution in [0, 0.1) is 5.92 Å². The SMILES string of the molecule is CC(NC(=O)c1cccc(NN)n1)C1CCC1. The molecule has 1 amide bonds. The average molecular weight is 234 g/mol. The zero-order chi connectivity index (χ0) is 12.3. The summed E-state index contributed by atoms with van der Waals surface area (Å²) in [6.45, 7) is 2.05. The lowest BCUT2D eigenvalue weighted by atomic mass is 9.80. The van der Waals surface area contributed by atoms with Gasteiger partial charge in [0.1, 0.15) is 11.5 Å². The first kappa shape index (κ1) is 11.9. The number of anilines is 1. The predicted octanol–water partition coefficient (Wildman–Crippen LogP) is 1.29. The third-order valence-corrected chi connectivity index (χ3v) is 3.35. The van der Waals surface area contributed by atoms with Crippen molar-refractivity contribution in [1.82, 2.24) is 10.3 Å². The number of nitrogens with two attached hydrogens (primary N) is 1. The maximum absolute atomic E-state index is 11.9. The van der Waals surface area contributed by atoms with Gasteiger partial charge >= 0.3 is 0 Å². The summed E-state index contributed by atoms with van der Waals surface area (Å²) < 4.78 is 0. The molecule has 1 saturated carbocycles. The van der Waals surface area contributed by atoms with Gasteiger partial charge in [-0.05, 0) is 37.8 Å². The minimum absolute atomic E-state index is 0.138. The minimum atomic E-state index is -0.138. The molecule has 1 atom stereocenters. The molecule has 1 aromatic rings. The van der Waals surface area contributed by atoms with E-state index in [-0.39, 0.29) is 11.9 Å². The summed E-state index contributed by atoms with van der Waals surface area (Å²) in [7, 11) is 0. The van der Waals surface area contributed by atoms with E-state index in [9.17, 15) is 4.79 Å². The van der Waals surface area contributed by atoms with E-state index in [2.05, 4.69) is 15.7 Å². The van der Waals surface area contributed by atoms with Gasteiger partial charge in [0.25, 0.3) is 5.91 Å². The first-order chi connectivity index (χ1) is 8.20. The highest BCUT2D eigenvalue weighted by atomic mass is 16.1. The van der Waals surface area contributed by atoms with Crippen molar-refractivity contribution in [3.8, 4) is 0 Å². The quantitative estimate of drug-likeness (QED) is 0.541. The number of rotatable bonds is 4. The van der Waals surface area contributed by atoms with Gasteiger partial charge in [-0.15, -0.1) is 0 Å². The van der Waals surface area contributed by atoms with Crippen LogP contribution in [0.4, 0.5) is 5.82 Å². The van der Waals surface area contributed by atoms with Gasteiger partial charge in [-0.1, -0.05) is 12.5 Å². The predicted molar refractivity (Wildman–Crippen MR) is 66.3 cm³/mol. The first-order valence-corrected chi connectivity index (χ1v) is 5.95. The number of hydrazine groups is 1. The highest BCUT2D eigenvalue weighted by Gasteiger charge is 2.25. The standard InChI is InChI=1S/C12H18N4O/c1-8(9-4-2-5-9)14-12(17)10-6-3-7-11(15-10)16-13/h3,6-9H,2,4-5,13H2,1H3,(H,14,17)(H,15,16). The van der Waals surface area contributed by atoms with Crippen molar-refractivity contribution < 1.29 is 4.79 Å². The Morgan fingerprint density at radius 1 is 1.53 bits per heavy atom. The number of hydrogen-bond acceptors (Lipinski definition) is 4. The Kier molecular flexibility index (Phi) is 3.58. The highest BCUT2D eigenvalue weighted by Crippen LogP contribution is 2.29. The second kappa shape index (κ2) is 5.14. The van der Waals surface area contributed by atoms with Crippen LogP contribution in [0.2, 0.25) is 0 Å². The van der Waals surface area contributed by atoms with Gasteiger partial charge in [0.15, 0.2) is 0 Å². The largest absolute Gasteiger partial charge is 0.348 e.